The molecule has 0 spiro atoms. The number of nitrogens with one attached hydrogen (secondary N) is 1. The van der Waals surface area contributed by atoms with Crippen molar-refractivity contribution in [2.75, 3.05) is 6.61 Å². The number of carbonyl (C=O) groups is 2. The first kappa shape index (κ1) is 62.0. The molecule has 0 aromatic heterocycles. The van der Waals surface area contributed by atoms with Gasteiger partial charge in [-0.1, -0.05) is 270 Å². The van der Waals surface area contributed by atoms with Crippen molar-refractivity contribution < 1.29 is 24.5 Å². The zero-order valence-corrected chi connectivity index (χ0v) is 42.3. The van der Waals surface area contributed by atoms with Crippen molar-refractivity contribution in [1.29, 1.82) is 0 Å². The molecule has 0 saturated carbocycles. The van der Waals surface area contributed by atoms with Gasteiger partial charge in [-0.3, -0.25) is 9.59 Å². The normalized spacial score (nSPS) is 14.3. The Morgan fingerprint density at radius 1 is 0.455 bits per heavy atom. The first-order chi connectivity index (χ1) is 32.5. The number of allylic oxidation sites excluding steroid dienone is 22. The van der Waals surface area contributed by atoms with Gasteiger partial charge < -0.3 is 20.3 Å². The van der Waals surface area contributed by atoms with Gasteiger partial charge in [-0.05, 0) is 57.8 Å². The van der Waals surface area contributed by atoms with E-state index < -0.39 is 18.2 Å². The molecule has 3 atom stereocenters. The van der Waals surface area contributed by atoms with Gasteiger partial charge in [0, 0.05) is 6.42 Å². The third-order valence-electron chi connectivity index (χ3n) is 11.2. The summed E-state index contributed by atoms with van der Waals surface area (Å²) in [4.78, 5) is 26.2. The van der Waals surface area contributed by atoms with Gasteiger partial charge in [0.2, 0.25) is 5.91 Å². The molecule has 0 fully saturated rings. The third-order valence-corrected chi connectivity index (χ3v) is 11.2. The Bertz CT molecular complexity index is 1440. The molecule has 0 aliphatic carbocycles. The quantitative estimate of drug-likeness (QED) is 0.0321. The van der Waals surface area contributed by atoms with Crippen LogP contribution in [0.4, 0.5) is 0 Å². The van der Waals surface area contributed by atoms with Gasteiger partial charge in [-0.25, -0.2) is 0 Å². The molecule has 0 aromatic rings. The number of ether oxygens (including phenoxy) is 1. The summed E-state index contributed by atoms with van der Waals surface area (Å²) in [6.07, 6.45) is 73.6. The van der Waals surface area contributed by atoms with Crippen LogP contribution in [0.3, 0.4) is 0 Å². The number of amides is 1. The Labute approximate surface area is 405 Å². The number of hydrogen-bond donors (Lipinski definition) is 3. The number of rotatable bonds is 45. The Kier molecular flexibility index (Phi) is 48.8. The van der Waals surface area contributed by atoms with Gasteiger partial charge >= 0.3 is 5.97 Å². The average Bonchev–Trinajstić information content (AvgIpc) is 3.31. The van der Waals surface area contributed by atoms with Crippen LogP contribution in [-0.4, -0.2) is 46.9 Å². The van der Waals surface area contributed by atoms with Gasteiger partial charge in [0.1, 0.15) is 6.10 Å². The highest BCUT2D eigenvalue weighted by Gasteiger charge is 2.24. The van der Waals surface area contributed by atoms with Gasteiger partial charge in [0.05, 0.1) is 25.2 Å². The van der Waals surface area contributed by atoms with E-state index in [0.29, 0.717) is 19.3 Å². The lowest BCUT2D eigenvalue weighted by molar-refractivity contribution is -0.151. The SMILES string of the molecule is CC\C=C/C=C/C=C/C=C\C=C\C=C\CCCC(CC(=O)NC(CO)C(O)CCCCCCCCCCCCCCCC)OC(=O)CCCCCCC/C=C/C=C/C=C/C=C/C=C/CCC. The number of carbonyl (C=O) groups excluding carboxylic acids is 2. The molecule has 0 radical (unpaired) electrons. The van der Waals surface area contributed by atoms with Crippen LogP contribution >= 0.6 is 0 Å². The molecule has 6 heteroatoms. The molecular weight excluding hydrogens is 815 g/mol. The second-order valence-corrected chi connectivity index (χ2v) is 17.5. The van der Waals surface area contributed by atoms with Gasteiger partial charge in [0.25, 0.3) is 0 Å². The van der Waals surface area contributed by atoms with Crippen LogP contribution in [0.5, 0.6) is 0 Å². The monoisotopic (exact) mass is 912 g/mol. The molecule has 3 unspecified atom stereocenters. The molecule has 6 nitrogen and oxygen atoms in total. The fraction of sp³-hybridized carbons (Fsp3) is 0.600. The van der Waals surface area contributed by atoms with Crippen molar-refractivity contribution in [3.8, 4) is 0 Å². The van der Waals surface area contributed by atoms with Gasteiger partial charge in [-0.15, -0.1) is 0 Å². The van der Waals surface area contributed by atoms with E-state index in [9.17, 15) is 19.8 Å². The Morgan fingerprint density at radius 3 is 1.33 bits per heavy atom. The summed E-state index contributed by atoms with van der Waals surface area (Å²) in [7, 11) is 0. The number of hydrogen-bond acceptors (Lipinski definition) is 5. The highest BCUT2D eigenvalue weighted by atomic mass is 16.5. The molecule has 3 N–H and O–H groups in total. The second-order valence-electron chi connectivity index (χ2n) is 17.5. The molecular formula is C60H97NO5. The van der Waals surface area contributed by atoms with E-state index in [2.05, 4.69) is 74.7 Å². The van der Waals surface area contributed by atoms with E-state index in [1.165, 1.54) is 77.0 Å². The predicted molar refractivity (Wildman–Crippen MR) is 286 cm³/mol. The van der Waals surface area contributed by atoms with Crippen molar-refractivity contribution in [1.82, 2.24) is 5.32 Å². The lowest BCUT2D eigenvalue weighted by Crippen LogP contribution is -2.46. The van der Waals surface area contributed by atoms with Crippen LogP contribution in [0.2, 0.25) is 0 Å². The molecule has 0 bridgehead atoms. The summed E-state index contributed by atoms with van der Waals surface area (Å²) in [5.41, 5.74) is 0. The van der Waals surface area contributed by atoms with Crippen molar-refractivity contribution in [3.63, 3.8) is 0 Å². The summed E-state index contributed by atoms with van der Waals surface area (Å²) in [5.74, 6) is -0.591. The maximum absolute atomic E-state index is 13.2. The van der Waals surface area contributed by atoms with Crippen LogP contribution in [0, 0.1) is 0 Å². The fourth-order valence-electron chi connectivity index (χ4n) is 7.26. The zero-order valence-electron chi connectivity index (χ0n) is 42.3. The minimum Gasteiger partial charge on any atom is -0.462 e. The maximum Gasteiger partial charge on any atom is 0.306 e. The zero-order chi connectivity index (χ0) is 48.1. The summed E-state index contributed by atoms with van der Waals surface area (Å²) in [6, 6.07) is -0.742. The maximum atomic E-state index is 13.2. The molecule has 0 aliphatic rings. The molecule has 372 valence electrons. The van der Waals surface area contributed by atoms with E-state index >= 15 is 0 Å². The molecule has 0 rings (SSSR count). The smallest absolute Gasteiger partial charge is 0.306 e. The summed E-state index contributed by atoms with van der Waals surface area (Å²) < 4.78 is 5.89. The first-order valence-electron chi connectivity index (χ1n) is 26.6. The van der Waals surface area contributed by atoms with Crippen molar-refractivity contribution in [3.05, 3.63) is 134 Å². The van der Waals surface area contributed by atoms with E-state index in [1.807, 2.05) is 85.1 Å². The second kappa shape index (κ2) is 52.0. The molecule has 0 aromatic carbocycles. The lowest BCUT2D eigenvalue weighted by Gasteiger charge is -2.24. The topological polar surface area (TPSA) is 95.9 Å². The molecule has 66 heavy (non-hydrogen) atoms. The number of aliphatic hydroxyl groups excluding tert-OH is 2. The van der Waals surface area contributed by atoms with E-state index in [-0.39, 0.29) is 24.9 Å². The molecule has 1 amide bonds. The Morgan fingerprint density at radius 2 is 0.864 bits per heavy atom. The van der Waals surface area contributed by atoms with E-state index in [0.717, 1.165) is 83.5 Å². The Balaban J connectivity index is 4.79. The van der Waals surface area contributed by atoms with Gasteiger partial charge in [-0.2, -0.15) is 0 Å². The minimum atomic E-state index is -0.822. The number of unbranched alkanes of at least 4 members (excludes halogenated alkanes) is 20. The number of esters is 1. The fourth-order valence-corrected chi connectivity index (χ4v) is 7.26. The Hall–Kier alpha value is -4.00. The van der Waals surface area contributed by atoms with Crippen molar-refractivity contribution in [2.24, 2.45) is 0 Å². The van der Waals surface area contributed by atoms with Crippen molar-refractivity contribution in [2.45, 2.75) is 225 Å². The largest absolute Gasteiger partial charge is 0.462 e. The summed E-state index contributed by atoms with van der Waals surface area (Å²) >= 11 is 0. The lowest BCUT2D eigenvalue weighted by atomic mass is 10.0. The van der Waals surface area contributed by atoms with E-state index in [1.54, 1.807) is 0 Å². The van der Waals surface area contributed by atoms with Crippen molar-refractivity contribution >= 4 is 11.9 Å². The standard InChI is InChI=1S/C60H97NO5/c1-4-7-10-13-16-19-22-25-28-29-30-32-35-38-41-44-47-50-53-60(65)66-56(51-48-45-42-39-36-33-31-26-23-20-17-14-11-8-5-2)54-59(64)61-57(55-62)58(63)52-49-46-43-40-37-34-27-24-21-18-15-12-9-6-3/h8,10-11,13-14,16-17,19-20,22-23,25-26,28-33,36,39,42,56-58,62-63H,4-7,9,12,15,18,21,24,27,34-35,37-38,40-41,43-55H2,1-3H3,(H,61,64)/b11-8-,13-10+,17-14+,19-16+,23-20+,25-22+,29-28+,31-26-,32-30+,36-33+,42-39+. The summed E-state index contributed by atoms with van der Waals surface area (Å²) in [6.45, 7) is 6.21. The molecule has 0 saturated heterocycles. The predicted octanol–water partition coefficient (Wildman–Crippen LogP) is 16.2. The third kappa shape index (κ3) is 46.5. The molecule has 0 aliphatic heterocycles. The highest BCUT2D eigenvalue weighted by Crippen LogP contribution is 2.17. The van der Waals surface area contributed by atoms with Crippen LogP contribution in [0.1, 0.15) is 207 Å². The number of aliphatic hydroxyl groups is 2. The molecule has 0 heterocycles. The summed E-state index contributed by atoms with van der Waals surface area (Å²) in [5, 5.41) is 23.8. The van der Waals surface area contributed by atoms with Gasteiger partial charge in [0.15, 0.2) is 0 Å². The minimum absolute atomic E-state index is 0.00654. The van der Waals surface area contributed by atoms with Crippen LogP contribution in [0.25, 0.3) is 0 Å². The van der Waals surface area contributed by atoms with Crippen LogP contribution in [-0.2, 0) is 14.3 Å². The first-order valence-corrected chi connectivity index (χ1v) is 26.6. The van der Waals surface area contributed by atoms with Crippen LogP contribution < -0.4 is 5.32 Å². The highest BCUT2D eigenvalue weighted by molar-refractivity contribution is 5.77. The van der Waals surface area contributed by atoms with Crippen LogP contribution in [0.15, 0.2) is 134 Å². The average molecular weight is 912 g/mol. The van der Waals surface area contributed by atoms with E-state index in [4.69, 9.17) is 4.74 Å².